The summed E-state index contributed by atoms with van der Waals surface area (Å²) in [6, 6.07) is 6.30. The molecule has 0 saturated heterocycles. The van der Waals surface area contributed by atoms with E-state index in [1.54, 1.807) is 16.8 Å². The number of hydrogen-bond donors (Lipinski definition) is 2. The zero-order valence-corrected chi connectivity index (χ0v) is 11.6. The molecule has 0 atom stereocenters. The topological polar surface area (TPSA) is 41.9 Å². The summed E-state index contributed by atoms with van der Waals surface area (Å²) >= 11 is 5.20. The first kappa shape index (κ1) is 13.5. The summed E-state index contributed by atoms with van der Waals surface area (Å²) in [7, 11) is 1.85. The Balaban J connectivity index is 1.88. The van der Waals surface area contributed by atoms with Gasteiger partial charge in [-0.2, -0.15) is 5.10 Å². The summed E-state index contributed by atoms with van der Waals surface area (Å²) in [5.41, 5.74) is 2.72. The lowest BCUT2D eigenvalue weighted by atomic mass is 10.2. The fourth-order valence-electron chi connectivity index (χ4n) is 1.67. The summed E-state index contributed by atoms with van der Waals surface area (Å²) in [5, 5.41) is 10.9. The predicted octanol–water partition coefficient (Wildman–Crippen LogP) is 2.35. The van der Waals surface area contributed by atoms with Crippen LogP contribution >= 0.6 is 12.2 Å². The highest BCUT2D eigenvalue weighted by Gasteiger charge is 2.04. The molecule has 4 nitrogen and oxygen atoms in total. The highest BCUT2D eigenvalue weighted by atomic mass is 32.1. The summed E-state index contributed by atoms with van der Waals surface area (Å²) in [4.78, 5) is 0. The maximum Gasteiger partial charge on any atom is 0.171 e. The van der Waals surface area contributed by atoms with Gasteiger partial charge in [-0.15, -0.1) is 0 Å². The zero-order chi connectivity index (χ0) is 13.8. The van der Waals surface area contributed by atoms with Gasteiger partial charge in [-0.05, 0) is 36.8 Å². The third-order valence-corrected chi connectivity index (χ3v) is 2.87. The maximum atomic E-state index is 12.8. The molecule has 2 N–H and O–H groups in total. The normalized spacial score (nSPS) is 10.3. The molecule has 2 rings (SSSR count). The average molecular weight is 278 g/mol. The van der Waals surface area contributed by atoms with Gasteiger partial charge in [0, 0.05) is 19.8 Å². The van der Waals surface area contributed by atoms with Crippen LogP contribution in [0.4, 0.5) is 10.1 Å². The van der Waals surface area contributed by atoms with Crippen LogP contribution in [-0.2, 0) is 13.6 Å². The summed E-state index contributed by atoms with van der Waals surface area (Å²) in [5.74, 6) is -0.240. The van der Waals surface area contributed by atoms with Gasteiger partial charge in [0.1, 0.15) is 5.82 Å². The molecule has 19 heavy (non-hydrogen) atoms. The molecule has 0 aliphatic carbocycles. The second-order valence-electron chi connectivity index (χ2n) is 4.24. The number of aromatic nitrogens is 2. The van der Waals surface area contributed by atoms with Crippen LogP contribution in [0.1, 0.15) is 11.3 Å². The molecule has 2 aromatic rings. The van der Waals surface area contributed by atoms with E-state index in [2.05, 4.69) is 15.7 Å². The maximum absolute atomic E-state index is 12.8. The van der Waals surface area contributed by atoms with Crippen molar-refractivity contribution in [3.63, 3.8) is 0 Å². The van der Waals surface area contributed by atoms with Crippen molar-refractivity contribution in [1.82, 2.24) is 15.1 Å². The van der Waals surface area contributed by atoms with Crippen LogP contribution in [0.15, 0.2) is 30.5 Å². The SMILES string of the molecule is Cc1nn(C)cc1NC(=S)NCc1ccc(F)cc1. The Morgan fingerprint density at radius 3 is 2.63 bits per heavy atom. The lowest BCUT2D eigenvalue weighted by Crippen LogP contribution is -2.28. The largest absolute Gasteiger partial charge is 0.358 e. The van der Waals surface area contributed by atoms with E-state index in [0.29, 0.717) is 11.7 Å². The van der Waals surface area contributed by atoms with Crippen molar-refractivity contribution in [3.05, 3.63) is 47.5 Å². The van der Waals surface area contributed by atoms with E-state index in [0.717, 1.165) is 16.9 Å². The summed E-state index contributed by atoms with van der Waals surface area (Å²) in [6.07, 6.45) is 1.86. The molecule has 100 valence electrons. The van der Waals surface area contributed by atoms with Crippen molar-refractivity contribution < 1.29 is 4.39 Å². The molecule has 1 heterocycles. The van der Waals surface area contributed by atoms with Gasteiger partial charge in [0.25, 0.3) is 0 Å². The van der Waals surface area contributed by atoms with Crippen molar-refractivity contribution >= 4 is 23.0 Å². The Hall–Kier alpha value is -1.95. The van der Waals surface area contributed by atoms with Gasteiger partial charge in [0.05, 0.1) is 11.4 Å². The minimum absolute atomic E-state index is 0.240. The Kier molecular flexibility index (Phi) is 4.11. The lowest BCUT2D eigenvalue weighted by molar-refractivity contribution is 0.627. The molecular formula is C13H15FN4S. The minimum atomic E-state index is -0.240. The molecule has 0 saturated carbocycles. The first-order valence-corrected chi connectivity index (χ1v) is 6.25. The molecule has 0 bridgehead atoms. The predicted molar refractivity (Wildman–Crippen MR) is 77.4 cm³/mol. The van der Waals surface area contributed by atoms with E-state index in [-0.39, 0.29) is 5.82 Å². The number of nitrogens with one attached hydrogen (secondary N) is 2. The van der Waals surface area contributed by atoms with E-state index in [1.165, 1.54) is 12.1 Å². The lowest BCUT2D eigenvalue weighted by Gasteiger charge is -2.09. The Labute approximate surface area is 116 Å². The van der Waals surface area contributed by atoms with Gasteiger partial charge in [-0.3, -0.25) is 4.68 Å². The van der Waals surface area contributed by atoms with Crippen LogP contribution in [0.5, 0.6) is 0 Å². The fourth-order valence-corrected chi connectivity index (χ4v) is 1.86. The van der Waals surface area contributed by atoms with Gasteiger partial charge in [-0.1, -0.05) is 12.1 Å². The number of thiocarbonyl (C=S) groups is 1. The molecule has 6 heteroatoms. The first-order valence-electron chi connectivity index (χ1n) is 5.84. The standard InChI is InChI=1S/C13H15FN4S/c1-9-12(8-18(2)17-9)16-13(19)15-7-10-3-5-11(14)6-4-10/h3-6,8H,7H2,1-2H3,(H2,15,16,19). The second-order valence-corrected chi connectivity index (χ2v) is 4.64. The molecule has 1 aromatic carbocycles. The zero-order valence-electron chi connectivity index (χ0n) is 10.8. The molecule has 0 spiro atoms. The Morgan fingerprint density at radius 2 is 2.05 bits per heavy atom. The number of halogens is 1. The van der Waals surface area contributed by atoms with Gasteiger partial charge >= 0.3 is 0 Å². The molecule has 0 amide bonds. The molecule has 1 aromatic heterocycles. The molecule has 0 fully saturated rings. The highest BCUT2D eigenvalue weighted by molar-refractivity contribution is 7.80. The fraction of sp³-hybridized carbons (Fsp3) is 0.231. The number of nitrogens with zero attached hydrogens (tertiary/aromatic N) is 2. The Morgan fingerprint density at radius 1 is 1.37 bits per heavy atom. The van der Waals surface area contributed by atoms with Crippen molar-refractivity contribution in [2.24, 2.45) is 7.05 Å². The highest BCUT2D eigenvalue weighted by Crippen LogP contribution is 2.11. The monoisotopic (exact) mass is 278 g/mol. The molecule has 0 aliphatic heterocycles. The van der Waals surface area contributed by atoms with E-state index in [1.807, 2.05) is 20.2 Å². The summed E-state index contributed by atoms with van der Waals surface area (Å²) < 4.78 is 14.5. The molecular weight excluding hydrogens is 263 g/mol. The van der Waals surface area contributed by atoms with E-state index >= 15 is 0 Å². The average Bonchev–Trinajstić information content (AvgIpc) is 2.67. The second kappa shape index (κ2) is 5.79. The van der Waals surface area contributed by atoms with Gasteiger partial charge in [0.15, 0.2) is 5.11 Å². The van der Waals surface area contributed by atoms with Crippen molar-refractivity contribution in [3.8, 4) is 0 Å². The van der Waals surface area contributed by atoms with E-state index in [9.17, 15) is 4.39 Å². The number of rotatable bonds is 3. The number of anilines is 1. The summed E-state index contributed by atoms with van der Waals surface area (Å²) in [6.45, 7) is 2.45. The van der Waals surface area contributed by atoms with Crippen LogP contribution in [-0.4, -0.2) is 14.9 Å². The van der Waals surface area contributed by atoms with Crippen LogP contribution < -0.4 is 10.6 Å². The number of hydrogen-bond acceptors (Lipinski definition) is 2. The van der Waals surface area contributed by atoms with Gasteiger partial charge < -0.3 is 10.6 Å². The number of benzene rings is 1. The molecule has 0 aliphatic rings. The first-order chi connectivity index (χ1) is 9.04. The van der Waals surface area contributed by atoms with Crippen molar-refractivity contribution in [1.29, 1.82) is 0 Å². The number of aryl methyl sites for hydroxylation is 2. The smallest absolute Gasteiger partial charge is 0.171 e. The quantitative estimate of drug-likeness (QED) is 0.846. The Bertz CT molecular complexity index is 577. The van der Waals surface area contributed by atoms with Crippen LogP contribution in [0.3, 0.4) is 0 Å². The van der Waals surface area contributed by atoms with Gasteiger partial charge in [-0.25, -0.2) is 4.39 Å². The third kappa shape index (κ3) is 3.75. The molecule has 0 unspecified atom stereocenters. The van der Waals surface area contributed by atoms with Crippen LogP contribution in [0.2, 0.25) is 0 Å². The van der Waals surface area contributed by atoms with Gasteiger partial charge in [0.2, 0.25) is 0 Å². The third-order valence-electron chi connectivity index (χ3n) is 2.63. The van der Waals surface area contributed by atoms with Crippen LogP contribution in [0, 0.1) is 12.7 Å². The van der Waals surface area contributed by atoms with Crippen LogP contribution in [0.25, 0.3) is 0 Å². The van der Waals surface area contributed by atoms with E-state index in [4.69, 9.17) is 12.2 Å². The minimum Gasteiger partial charge on any atom is -0.358 e. The van der Waals surface area contributed by atoms with E-state index < -0.39 is 0 Å². The van der Waals surface area contributed by atoms with Crippen molar-refractivity contribution in [2.45, 2.75) is 13.5 Å². The van der Waals surface area contributed by atoms with Crippen molar-refractivity contribution in [2.75, 3.05) is 5.32 Å². The molecule has 0 radical (unpaired) electrons.